The smallest absolute Gasteiger partial charge is 0.246 e. The van der Waals surface area contributed by atoms with E-state index in [-0.39, 0.29) is 23.0 Å². The first-order chi connectivity index (χ1) is 10.00. The highest BCUT2D eigenvalue weighted by molar-refractivity contribution is 7.89. The van der Waals surface area contributed by atoms with Crippen LogP contribution in [0.2, 0.25) is 0 Å². The van der Waals surface area contributed by atoms with Crippen molar-refractivity contribution in [2.45, 2.75) is 55.6 Å². The molecule has 0 aromatic carbocycles. The van der Waals surface area contributed by atoms with Crippen LogP contribution in [0.25, 0.3) is 0 Å². The first-order valence-corrected chi connectivity index (χ1v) is 9.13. The van der Waals surface area contributed by atoms with E-state index in [1.165, 1.54) is 10.9 Å². The lowest BCUT2D eigenvalue weighted by atomic mass is 9.81. The Morgan fingerprint density at radius 3 is 2.67 bits per heavy atom. The van der Waals surface area contributed by atoms with Gasteiger partial charge in [0.1, 0.15) is 4.90 Å². The van der Waals surface area contributed by atoms with Crippen LogP contribution in [0, 0.1) is 5.92 Å². The molecule has 21 heavy (non-hydrogen) atoms. The third-order valence-electron chi connectivity index (χ3n) is 4.81. The molecular formula is C14H23N3O3S. The Bertz CT molecular complexity index is 598. The third-order valence-corrected chi connectivity index (χ3v) is 6.69. The van der Waals surface area contributed by atoms with Crippen LogP contribution in [0.5, 0.6) is 0 Å². The highest BCUT2D eigenvalue weighted by atomic mass is 32.2. The summed E-state index contributed by atoms with van der Waals surface area (Å²) < 4.78 is 28.7. The molecule has 1 aliphatic heterocycles. The van der Waals surface area contributed by atoms with Gasteiger partial charge in [0.2, 0.25) is 10.0 Å². The largest absolute Gasteiger partial charge is 0.393 e. The van der Waals surface area contributed by atoms with Gasteiger partial charge >= 0.3 is 0 Å². The van der Waals surface area contributed by atoms with Gasteiger partial charge in [0, 0.05) is 31.7 Å². The van der Waals surface area contributed by atoms with Crippen LogP contribution in [0.3, 0.4) is 0 Å². The SMILES string of the molecule is Cn1cc(S(=O)(=O)N2CCC[C@@H]2[C@@H]2CCCC[C@H]2O)cn1. The van der Waals surface area contributed by atoms with Gasteiger partial charge in [-0.15, -0.1) is 0 Å². The molecule has 3 atom stereocenters. The molecule has 1 saturated carbocycles. The van der Waals surface area contributed by atoms with Crippen LogP contribution < -0.4 is 0 Å². The van der Waals surface area contributed by atoms with Crippen molar-refractivity contribution in [1.29, 1.82) is 0 Å². The van der Waals surface area contributed by atoms with Gasteiger partial charge in [-0.25, -0.2) is 8.42 Å². The van der Waals surface area contributed by atoms with Crippen molar-refractivity contribution < 1.29 is 13.5 Å². The summed E-state index contributed by atoms with van der Waals surface area (Å²) in [6.07, 6.45) is 8.14. The van der Waals surface area contributed by atoms with Gasteiger partial charge in [-0.1, -0.05) is 12.8 Å². The number of nitrogens with zero attached hydrogens (tertiary/aromatic N) is 3. The molecule has 2 heterocycles. The fourth-order valence-corrected chi connectivity index (χ4v) is 5.47. The molecule has 3 rings (SSSR count). The Kier molecular flexibility index (Phi) is 4.07. The highest BCUT2D eigenvalue weighted by Crippen LogP contribution is 2.37. The second-order valence-electron chi connectivity index (χ2n) is 6.19. The number of aryl methyl sites for hydroxylation is 1. The van der Waals surface area contributed by atoms with Crippen molar-refractivity contribution in [3.05, 3.63) is 12.4 Å². The molecule has 1 N–H and O–H groups in total. The Balaban J connectivity index is 1.86. The van der Waals surface area contributed by atoms with Gasteiger partial charge < -0.3 is 5.11 Å². The van der Waals surface area contributed by atoms with Crippen LogP contribution in [0.15, 0.2) is 17.3 Å². The maximum absolute atomic E-state index is 12.8. The molecule has 2 aliphatic rings. The lowest BCUT2D eigenvalue weighted by molar-refractivity contribution is 0.0386. The van der Waals surface area contributed by atoms with E-state index in [0.29, 0.717) is 6.54 Å². The van der Waals surface area contributed by atoms with Gasteiger partial charge in [-0.05, 0) is 25.7 Å². The zero-order chi connectivity index (χ0) is 15.0. The summed E-state index contributed by atoms with van der Waals surface area (Å²) >= 11 is 0. The summed E-state index contributed by atoms with van der Waals surface area (Å²) in [6.45, 7) is 0.547. The van der Waals surface area contributed by atoms with E-state index in [1.54, 1.807) is 17.5 Å². The van der Waals surface area contributed by atoms with Crippen LogP contribution in [-0.4, -0.2) is 46.3 Å². The topological polar surface area (TPSA) is 75.4 Å². The summed E-state index contributed by atoms with van der Waals surface area (Å²) in [7, 11) is -1.79. The van der Waals surface area contributed by atoms with Crippen molar-refractivity contribution in [1.82, 2.24) is 14.1 Å². The number of hydrogen-bond donors (Lipinski definition) is 1. The molecule has 0 amide bonds. The van der Waals surface area contributed by atoms with E-state index < -0.39 is 10.0 Å². The van der Waals surface area contributed by atoms with E-state index in [1.807, 2.05) is 0 Å². The predicted octanol–water partition coefficient (Wildman–Crippen LogP) is 1.12. The summed E-state index contributed by atoms with van der Waals surface area (Å²) in [5.41, 5.74) is 0. The molecule has 118 valence electrons. The first-order valence-electron chi connectivity index (χ1n) is 7.69. The lowest BCUT2D eigenvalue weighted by Crippen LogP contribution is -2.45. The third kappa shape index (κ3) is 2.74. The minimum absolute atomic E-state index is 0.0643. The minimum atomic E-state index is -3.50. The van der Waals surface area contributed by atoms with Gasteiger partial charge in [-0.3, -0.25) is 4.68 Å². The number of aliphatic hydroxyl groups is 1. The Hall–Kier alpha value is -0.920. The summed E-state index contributed by atoms with van der Waals surface area (Å²) in [5, 5.41) is 14.2. The number of aliphatic hydroxyl groups excluding tert-OH is 1. The lowest BCUT2D eigenvalue weighted by Gasteiger charge is -2.36. The Morgan fingerprint density at radius 1 is 1.24 bits per heavy atom. The molecule has 7 heteroatoms. The zero-order valence-corrected chi connectivity index (χ0v) is 13.2. The molecule has 1 aliphatic carbocycles. The average molecular weight is 313 g/mol. The van der Waals surface area contributed by atoms with Crippen LogP contribution >= 0.6 is 0 Å². The highest BCUT2D eigenvalue weighted by Gasteiger charge is 2.42. The van der Waals surface area contributed by atoms with Gasteiger partial charge in [0.05, 0.1) is 12.3 Å². The van der Waals surface area contributed by atoms with Crippen molar-refractivity contribution in [3.8, 4) is 0 Å². The van der Waals surface area contributed by atoms with Gasteiger partial charge in [0.15, 0.2) is 0 Å². The van der Waals surface area contributed by atoms with Gasteiger partial charge in [-0.2, -0.15) is 9.40 Å². The molecule has 2 fully saturated rings. The molecule has 0 bridgehead atoms. The van der Waals surface area contributed by atoms with Crippen molar-refractivity contribution >= 4 is 10.0 Å². The number of sulfonamides is 1. The molecule has 0 unspecified atom stereocenters. The van der Waals surface area contributed by atoms with E-state index in [0.717, 1.165) is 38.5 Å². The minimum Gasteiger partial charge on any atom is -0.393 e. The number of aromatic nitrogens is 2. The normalized spacial score (nSPS) is 31.6. The standard InChI is InChI=1S/C14H23N3O3S/c1-16-10-11(9-15-16)21(19,20)17-8-4-6-13(17)12-5-2-3-7-14(12)18/h9-10,12-14,18H,2-8H2,1H3/t12-,13+,14+/m0/s1. The maximum atomic E-state index is 12.8. The van der Waals surface area contributed by atoms with Crippen LogP contribution in [-0.2, 0) is 17.1 Å². The second-order valence-corrected chi connectivity index (χ2v) is 8.08. The van der Waals surface area contributed by atoms with Crippen LogP contribution in [0.4, 0.5) is 0 Å². The van der Waals surface area contributed by atoms with Gasteiger partial charge in [0.25, 0.3) is 0 Å². The molecule has 1 aromatic rings. The Morgan fingerprint density at radius 2 is 2.00 bits per heavy atom. The van der Waals surface area contributed by atoms with Crippen molar-refractivity contribution in [2.24, 2.45) is 13.0 Å². The fourth-order valence-electron chi connectivity index (χ4n) is 3.75. The van der Waals surface area contributed by atoms with E-state index in [2.05, 4.69) is 5.10 Å². The molecule has 6 nitrogen and oxygen atoms in total. The van der Waals surface area contributed by atoms with Crippen molar-refractivity contribution in [2.75, 3.05) is 6.54 Å². The molecule has 0 radical (unpaired) electrons. The number of rotatable bonds is 3. The molecule has 1 aromatic heterocycles. The quantitative estimate of drug-likeness (QED) is 0.907. The van der Waals surface area contributed by atoms with Crippen LogP contribution in [0.1, 0.15) is 38.5 Å². The summed E-state index contributed by atoms with van der Waals surface area (Å²) in [6, 6.07) is -0.0643. The predicted molar refractivity (Wildman–Crippen MR) is 78.1 cm³/mol. The maximum Gasteiger partial charge on any atom is 0.246 e. The Labute approximate surface area is 125 Å². The number of hydrogen-bond acceptors (Lipinski definition) is 4. The molecule has 0 spiro atoms. The fraction of sp³-hybridized carbons (Fsp3) is 0.786. The molecular weight excluding hydrogens is 290 g/mol. The summed E-state index contributed by atoms with van der Waals surface area (Å²) in [4.78, 5) is 0.252. The second kappa shape index (κ2) is 5.70. The molecule has 1 saturated heterocycles. The zero-order valence-electron chi connectivity index (χ0n) is 12.4. The van der Waals surface area contributed by atoms with E-state index in [9.17, 15) is 13.5 Å². The van der Waals surface area contributed by atoms with Crippen molar-refractivity contribution in [3.63, 3.8) is 0 Å². The van der Waals surface area contributed by atoms with E-state index in [4.69, 9.17) is 0 Å². The monoisotopic (exact) mass is 313 g/mol. The van der Waals surface area contributed by atoms with E-state index >= 15 is 0 Å². The average Bonchev–Trinajstić information content (AvgIpc) is 3.08. The summed E-state index contributed by atoms with van der Waals surface area (Å²) in [5.74, 6) is 0.0766. The first kappa shape index (κ1) is 15.0.